The minimum absolute atomic E-state index is 0.682. The van der Waals surface area contributed by atoms with E-state index in [4.69, 9.17) is 4.74 Å². The topological polar surface area (TPSA) is 24.5 Å². The van der Waals surface area contributed by atoms with Crippen molar-refractivity contribution in [2.75, 3.05) is 33.4 Å². The maximum absolute atomic E-state index is 5.40. The Morgan fingerprint density at radius 3 is 3.00 bits per heavy atom. The van der Waals surface area contributed by atoms with Gasteiger partial charge in [-0.15, -0.1) is 0 Å². The van der Waals surface area contributed by atoms with Crippen LogP contribution in [0.2, 0.25) is 0 Å². The summed E-state index contributed by atoms with van der Waals surface area (Å²) in [6.45, 7) is 4.36. The van der Waals surface area contributed by atoms with E-state index >= 15 is 0 Å². The first-order chi connectivity index (χ1) is 7.36. The Morgan fingerprint density at radius 2 is 2.33 bits per heavy atom. The summed E-state index contributed by atoms with van der Waals surface area (Å²) < 4.78 is 5.40. The van der Waals surface area contributed by atoms with Gasteiger partial charge in [-0.25, -0.2) is 0 Å². The van der Waals surface area contributed by atoms with Gasteiger partial charge in [-0.05, 0) is 52.2 Å². The highest BCUT2D eigenvalue weighted by molar-refractivity contribution is 4.76. The second-order valence-corrected chi connectivity index (χ2v) is 4.93. The van der Waals surface area contributed by atoms with Crippen molar-refractivity contribution in [1.82, 2.24) is 10.2 Å². The minimum atomic E-state index is 0.682. The first-order valence-corrected chi connectivity index (χ1v) is 6.37. The van der Waals surface area contributed by atoms with Crippen LogP contribution >= 0.6 is 0 Å². The van der Waals surface area contributed by atoms with E-state index in [-0.39, 0.29) is 0 Å². The normalized spacial score (nSPS) is 31.6. The molecule has 1 N–H and O–H groups in total. The fraction of sp³-hybridized carbons (Fsp3) is 1.00. The average Bonchev–Trinajstić information content (AvgIpc) is 2.90. The second-order valence-electron chi connectivity index (χ2n) is 4.93. The van der Waals surface area contributed by atoms with Gasteiger partial charge in [0, 0.05) is 18.7 Å². The molecule has 2 aliphatic heterocycles. The van der Waals surface area contributed by atoms with Crippen molar-refractivity contribution >= 4 is 0 Å². The van der Waals surface area contributed by atoms with Crippen LogP contribution in [0.1, 0.15) is 32.1 Å². The zero-order valence-corrected chi connectivity index (χ0v) is 9.87. The molecule has 2 atom stereocenters. The van der Waals surface area contributed by atoms with E-state index in [0.717, 1.165) is 19.3 Å². The van der Waals surface area contributed by atoms with Crippen molar-refractivity contribution in [1.29, 1.82) is 0 Å². The molecule has 2 fully saturated rings. The Kier molecular flexibility index (Phi) is 4.42. The molecule has 3 heteroatoms. The molecule has 0 saturated carbocycles. The first kappa shape index (κ1) is 11.4. The Hall–Kier alpha value is -0.120. The highest BCUT2D eigenvalue weighted by Gasteiger charge is 2.20. The van der Waals surface area contributed by atoms with Gasteiger partial charge in [-0.1, -0.05) is 0 Å². The molecule has 88 valence electrons. The number of hydrogen-bond acceptors (Lipinski definition) is 3. The van der Waals surface area contributed by atoms with E-state index < -0.39 is 0 Å². The molecule has 2 rings (SSSR count). The monoisotopic (exact) mass is 212 g/mol. The van der Waals surface area contributed by atoms with Gasteiger partial charge in [0.25, 0.3) is 0 Å². The zero-order chi connectivity index (χ0) is 10.5. The van der Waals surface area contributed by atoms with Crippen molar-refractivity contribution < 1.29 is 4.74 Å². The number of rotatable bonds is 5. The molecule has 0 aromatic rings. The third-order valence-electron chi connectivity index (χ3n) is 3.75. The quantitative estimate of drug-likeness (QED) is 0.742. The van der Waals surface area contributed by atoms with Crippen molar-refractivity contribution in [3.05, 3.63) is 0 Å². The van der Waals surface area contributed by atoms with E-state index in [0.29, 0.717) is 6.04 Å². The van der Waals surface area contributed by atoms with Crippen LogP contribution in [0, 0.1) is 0 Å². The van der Waals surface area contributed by atoms with Gasteiger partial charge in [0.1, 0.15) is 0 Å². The van der Waals surface area contributed by atoms with E-state index in [1.54, 1.807) is 0 Å². The summed E-state index contributed by atoms with van der Waals surface area (Å²) in [5.74, 6) is 0. The number of hydrogen-bond donors (Lipinski definition) is 1. The molecule has 0 radical (unpaired) electrons. The molecule has 2 unspecified atom stereocenters. The van der Waals surface area contributed by atoms with Crippen LogP contribution in [0.25, 0.3) is 0 Å². The van der Waals surface area contributed by atoms with Gasteiger partial charge in [-0.2, -0.15) is 0 Å². The molecule has 2 aliphatic rings. The molecule has 0 aromatic carbocycles. The Bertz CT molecular complexity index is 174. The average molecular weight is 212 g/mol. The molecule has 0 aliphatic carbocycles. The van der Waals surface area contributed by atoms with Gasteiger partial charge < -0.3 is 15.0 Å². The summed E-state index contributed by atoms with van der Waals surface area (Å²) in [6, 6.07) is 1.49. The zero-order valence-electron chi connectivity index (χ0n) is 9.87. The maximum Gasteiger partial charge on any atom is 0.0622 e. The van der Waals surface area contributed by atoms with Crippen LogP contribution in [-0.2, 0) is 4.74 Å². The van der Waals surface area contributed by atoms with Gasteiger partial charge in [-0.3, -0.25) is 0 Å². The SMILES string of the molecule is CN(CCCC1CCCN1)C1CCOC1. The lowest BCUT2D eigenvalue weighted by atomic mass is 10.1. The molecule has 3 nitrogen and oxygen atoms in total. The first-order valence-electron chi connectivity index (χ1n) is 6.37. The fourth-order valence-electron chi connectivity index (χ4n) is 2.64. The number of likely N-dealkylation sites (N-methyl/N-ethyl adjacent to an activating group) is 1. The van der Waals surface area contributed by atoms with E-state index in [1.165, 1.54) is 45.2 Å². The largest absolute Gasteiger partial charge is 0.380 e. The van der Waals surface area contributed by atoms with E-state index in [9.17, 15) is 0 Å². The molecule has 0 bridgehead atoms. The highest BCUT2D eigenvalue weighted by atomic mass is 16.5. The van der Waals surface area contributed by atoms with Crippen LogP contribution in [0.15, 0.2) is 0 Å². The molecule has 2 saturated heterocycles. The summed E-state index contributed by atoms with van der Waals surface area (Å²) in [4.78, 5) is 2.47. The van der Waals surface area contributed by atoms with Crippen molar-refractivity contribution in [2.24, 2.45) is 0 Å². The molecule has 0 amide bonds. The summed E-state index contributed by atoms with van der Waals surface area (Å²) in [5.41, 5.74) is 0. The van der Waals surface area contributed by atoms with Gasteiger partial charge in [0.05, 0.1) is 6.61 Å². The van der Waals surface area contributed by atoms with Gasteiger partial charge in [0.2, 0.25) is 0 Å². The molecule has 0 spiro atoms. The lowest BCUT2D eigenvalue weighted by Gasteiger charge is -2.23. The van der Waals surface area contributed by atoms with Crippen molar-refractivity contribution in [2.45, 2.75) is 44.2 Å². The predicted molar refractivity (Wildman–Crippen MR) is 62.1 cm³/mol. The van der Waals surface area contributed by atoms with Crippen molar-refractivity contribution in [3.8, 4) is 0 Å². The highest BCUT2D eigenvalue weighted by Crippen LogP contribution is 2.14. The molecular weight excluding hydrogens is 188 g/mol. The van der Waals surface area contributed by atoms with Crippen LogP contribution in [0.4, 0.5) is 0 Å². The van der Waals surface area contributed by atoms with E-state index in [2.05, 4.69) is 17.3 Å². The molecule has 15 heavy (non-hydrogen) atoms. The number of ether oxygens (including phenoxy) is 1. The molecule has 2 heterocycles. The third-order valence-corrected chi connectivity index (χ3v) is 3.75. The predicted octanol–water partition coefficient (Wildman–Crippen LogP) is 1.24. The molecular formula is C12H24N2O. The molecule has 0 aromatic heterocycles. The number of nitrogens with one attached hydrogen (secondary N) is 1. The van der Waals surface area contributed by atoms with Crippen LogP contribution in [-0.4, -0.2) is 50.3 Å². The Morgan fingerprint density at radius 1 is 1.40 bits per heavy atom. The van der Waals surface area contributed by atoms with Crippen LogP contribution in [0.3, 0.4) is 0 Å². The summed E-state index contributed by atoms with van der Waals surface area (Å²) >= 11 is 0. The van der Waals surface area contributed by atoms with Crippen LogP contribution < -0.4 is 5.32 Å². The maximum atomic E-state index is 5.40. The third kappa shape index (κ3) is 3.44. The Balaban J connectivity index is 1.56. The van der Waals surface area contributed by atoms with E-state index in [1.807, 2.05) is 0 Å². The summed E-state index contributed by atoms with van der Waals surface area (Å²) in [6.07, 6.45) is 6.65. The van der Waals surface area contributed by atoms with Crippen molar-refractivity contribution in [3.63, 3.8) is 0 Å². The smallest absolute Gasteiger partial charge is 0.0622 e. The second kappa shape index (κ2) is 5.83. The van der Waals surface area contributed by atoms with Gasteiger partial charge >= 0.3 is 0 Å². The summed E-state index contributed by atoms with van der Waals surface area (Å²) in [5, 5.41) is 3.56. The van der Waals surface area contributed by atoms with Crippen LogP contribution in [0.5, 0.6) is 0 Å². The minimum Gasteiger partial charge on any atom is -0.380 e. The summed E-state index contributed by atoms with van der Waals surface area (Å²) in [7, 11) is 2.24. The lowest BCUT2D eigenvalue weighted by molar-refractivity contribution is 0.158. The lowest BCUT2D eigenvalue weighted by Crippen LogP contribution is -2.33. The number of nitrogens with zero attached hydrogens (tertiary/aromatic N) is 1. The van der Waals surface area contributed by atoms with Gasteiger partial charge in [0.15, 0.2) is 0 Å². The fourth-order valence-corrected chi connectivity index (χ4v) is 2.64. The Labute approximate surface area is 93.2 Å². The standard InChI is InChI=1S/C12H24N2O/c1-14(12-6-9-15-10-12)8-3-5-11-4-2-7-13-11/h11-13H,2-10H2,1H3.